The van der Waals surface area contributed by atoms with Crippen LogP contribution >= 0.6 is 7.75 Å². The zero-order valence-corrected chi connectivity index (χ0v) is 19.6. The Morgan fingerprint density at radius 3 is 2.34 bits per heavy atom. The lowest BCUT2D eigenvalue weighted by Gasteiger charge is -2.24. The molecule has 1 N–H and O–H groups in total. The second-order valence-corrected chi connectivity index (χ2v) is 9.29. The number of ether oxygens (including phenoxy) is 1. The highest BCUT2D eigenvalue weighted by Gasteiger charge is 2.35. The van der Waals surface area contributed by atoms with Crippen molar-refractivity contribution in [3.8, 4) is 11.5 Å². The standard InChI is InChI=1S/C26H22F2NO5P/c1-18(26(30)32-17-19-8-3-2-4-9-19)29-35(31,34-25-15-14-21(27)16-23(25)28)33-24-13-7-11-20-10-5-6-12-22(20)24/h2-16,18H,17H2,1H3,(H,29,31)/t18-,35?/m0/s1. The smallest absolute Gasteiger partial charge is 0.460 e. The number of hydrogen-bond acceptors (Lipinski definition) is 5. The van der Waals surface area contributed by atoms with Gasteiger partial charge in [0.05, 0.1) is 0 Å². The van der Waals surface area contributed by atoms with Gasteiger partial charge in [-0.1, -0.05) is 66.7 Å². The number of nitrogens with one attached hydrogen (secondary N) is 1. The molecule has 0 aliphatic heterocycles. The maximum absolute atomic E-state index is 14.3. The number of carbonyl (C=O) groups excluding carboxylic acids is 1. The first-order chi connectivity index (χ1) is 16.8. The van der Waals surface area contributed by atoms with E-state index in [1.165, 1.54) is 6.92 Å². The molecule has 180 valence electrons. The summed E-state index contributed by atoms with van der Waals surface area (Å²) in [5, 5.41) is 3.94. The number of halogens is 2. The Morgan fingerprint density at radius 1 is 0.886 bits per heavy atom. The largest absolute Gasteiger partial charge is 0.513 e. The molecule has 2 atom stereocenters. The van der Waals surface area contributed by atoms with E-state index in [9.17, 15) is 18.1 Å². The van der Waals surface area contributed by atoms with E-state index in [-0.39, 0.29) is 12.4 Å². The zero-order chi connectivity index (χ0) is 24.8. The lowest BCUT2D eigenvalue weighted by Crippen LogP contribution is -2.35. The summed E-state index contributed by atoms with van der Waals surface area (Å²) in [6.07, 6.45) is 0. The van der Waals surface area contributed by atoms with Gasteiger partial charge in [-0.05, 0) is 36.1 Å². The highest BCUT2D eigenvalue weighted by Crippen LogP contribution is 2.47. The van der Waals surface area contributed by atoms with Crippen LogP contribution in [-0.4, -0.2) is 12.0 Å². The van der Waals surface area contributed by atoms with Crippen LogP contribution in [0.3, 0.4) is 0 Å². The molecule has 9 heteroatoms. The Balaban J connectivity index is 1.59. The number of hydrogen-bond donors (Lipinski definition) is 1. The molecule has 35 heavy (non-hydrogen) atoms. The van der Waals surface area contributed by atoms with Crippen LogP contribution in [0.15, 0.2) is 91.0 Å². The summed E-state index contributed by atoms with van der Waals surface area (Å²) < 4.78 is 57.9. The Morgan fingerprint density at radius 2 is 1.57 bits per heavy atom. The van der Waals surface area contributed by atoms with Gasteiger partial charge in [-0.25, -0.2) is 13.3 Å². The summed E-state index contributed by atoms with van der Waals surface area (Å²) in [5.74, 6) is -2.95. The molecule has 4 aromatic rings. The number of esters is 1. The van der Waals surface area contributed by atoms with Crippen LogP contribution in [-0.2, 0) is 20.7 Å². The van der Waals surface area contributed by atoms with E-state index in [2.05, 4.69) is 5.09 Å². The number of benzene rings is 4. The molecule has 0 amide bonds. The third-order valence-electron chi connectivity index (χ3n) is 5.01. The predicted molar refractivity (Wildman–Crippen MR) is 128 cm³/mol. The molecule has 0 bridgehead atoms. The molecule has 1 unspecified atom stereocenters. The average molecular weight is 497 g/mol. The first kappa shape index (κ1) is 24.4. The first-order valence-corrected chi connectivity index (χ1v) is 12.3. The van der Waals surface area contributed by atoms with Crippen molar-refractivity contribution in [2.45, 2.75) is 19.6 Å². The van der Waals surface area contributed by atoms with Crippen LogP contribution in [0.5, 0.6) is 11.5 Å². The molecule has 0 aliphatic carbocycles. The maximum atomic E-state index is 14.3. The van der Waals surface area contributed by atoms with E-state index in [1.54, 1.807) is 36.4 Å². The quantitative estimate of drug-likeness (QED) is 0.213. The van der Waals surface area contributed by atoms with E-state index >= 15 is 0 Å². The third-order valence-corrected chi connectivity index (χ3v) is 6.59. The summed E-state index contributed by atoms with van der Waals surface area (Å²) in [6.45, 7) is 1.42. The minimum atomic E-state index is -4.43. The van der Waals surface area contributed by atoms with Gasteiger partial charge in [0.15, 0.2) is 11.6 Å². The van der Waals surface area contributed by atoms with Gasteiger partial charge in [0.1, 0.15) is 24.2 Å². The molecule has 4 rings (SSSR count). The molecule has 0 saturated carbocycles. The summed E-state index contributed by atoms with van der Waals surface area (Å²) >= 11 is 0. The molecular formula is C26H22F2NO5P. The molecule has 0 aromatic heterocycles. The monoisotopic (exact) mass is 497 g/mol. The second-order valence-electron chi connectivity index (χ2n) is 7.68. The van der Waals surface area contributed by atoms with Gasteiger partial charge in [-0.15, -0.1) is 0 Å². The number of fused-ring (bicyclic) bond motifs is 1. The fourth-order valence-electron chi connectivity index (χ4n) is 3.30. The van der Waals surface area contributed by atoms with Crippen molar-refractivity contribution in [3.63, 3.8) is 0 Å². The summed E-state index contributed by atoms with van der Waals surface area (Å²) in [5.41, 5.74) is 0.771. The van der Waals surface area contributed by atoms with Crippen LogP contribution in [0.2, 0.25) is 0 Å². The van der Waals surface area contributed by atoms with Crippen molar-refractivity contribution in [3.05, 3.63) is 108 Å². The Labute approximate surface area is 201 Å². The summed E-state index contributed by atoms with van der Waals surface area (Å²) in [4.78, 5) is 12.6. The van der Waals surface area contributed by atoms with Crippen LogP contribution < -0.4 is 14.1 Å². The first-order valence-electron chi connectivity index (χ1n) is 10.7. The predicted octanol–water partition coefficient (Wildman–Crippen LogP) is 6.41. The third kappa shape index (κ3) is 6.23. The second kappa shape index (κ2) is 10.7. The van der Waals surface area contributed by atoms with Gasteiger partial charge in [0.2, 0.25) is 0 Å². The lowest BCUT2D eigenvalue weighted by molar-refractivity contribution is -0.146. The van der Waals surface area contributed by atoms with E-state index < -0.39 is 37.1 Å². The maximum Gasteiger partial charge on any atom is 0.513 e. The van der Waals surface area contributed by atoms with Crippen LogP contribution in [0, 0.1) is 11.6 Å². The van der Waals surface area contributed by atoms with Crippen molar-refractivity contribution < 1.29 is 31.9 Å². The molecular weight excluding hydrogens is 475 g/mol. The van der Waals surface area contributed by atoms with Crippen molar-refractivity contribution in [2.24, 2.45) is 0 Å². The van der Waals surface area contributed by atoms with Gasteiger partial charge in [-0.2, -0.15) is 5.09 Å². The molecule has 0 aliphatic rings. The molecule has 4 aromatic carbocycles. The van der Waals surface area contributed by atoms with Crippen molar-refractivity contribution in [1.82, 2.24) is 5.09 Å². The molecule has 0 fully saturated rings. The molecule has 0 saturated heterocycles. The van der Waals surface area contributed by atoms with Gasteiger partial charge < -0.3 is 13.8 Å². The van der Waals surface area contributed by atoms with Crippen LogP contribution in [0.4, 0.5) is 8.78 Å². The normalized spacial score (nSPS) is 13.6. The van der Waals surface area contributed by atoms with Gasteiger partial charge >= 0.3 is 13.7 Å². The van der Waals surface area contributed by atoms with Crippen LogP contribution in [0.1, 0.15) is 12.5 Å². The van der Waals surface area contributed by atoms with Gasteiger partial charge in [0.25, 0.3) is 0 Å². The van der Waals surface area contributed by atoms with Gasteiger partial charge in [-0.3, -0.25) is 4.79 Å². The van der Waals surface area contributed by atoms with Gasteiger partial charge in [0, 0.05) is 11.5 Å². The minimum Gasteiger partial charge on any atom is -0.460 e. The number of carbonyl (C=O) groups is 1. The lowest BCUT2D eigenvalue weighted by atomic mass is 10.1. The SMILES string of the molecule is C[C@H](NP(=O)(Oc1ccc(F)cc1F)Oc1cccc2ccccc12)C(=O)OCc1ccccc1. The van der Waals surface area contributed by atoms with Crippen LogP contribution in [0.25, 0.3) is 10.8 Å². The summed E-state index contributed by atoms with van der Waals surface area (Å²) in [6, 6.07) is 22.7. The van der Waals surface area contributed by atoms with E-state index in [4.69, 9.17) is 13.8 Å². The van der Waals surface area contributed by atoms with Crippen molar-refractivity contribution >= 4 is 24.5 Å². The topological polar surface area (TPSA) is 73.9 Å². The highest BCUT2D eigenvalue weighted by atomic mass is 31.2. The number of rotatable bonds is 9. The van der Waals surface area contributed by atoms with E-state index in [0.717, 1.165) is 23.1 Å². The Hall–Kier alpha value is -3.74. The fourth-order valence-corrected chi connectivity index (χ4v) is 4.85. The summed E-state index contributed by atoms with van der Waals surface area (Å²) in [7, 11) is -4.43. The Kier molecular flexibility index (Phi) is 7.44. The molecule has 0 radical (unpaired) electrons. The average Bonchev–Trinajstić information content (AvgIpc) is 2.85. The van der Waals surface area contributed by atoms with E-state index in [0.29, 0.717) is 11.5 Å². The van der Waals surface area contributed by atoms with E-state index in [1.807, 2.05) is 36.4 Å². The molecule has 6 nitrogen and oxygen atoms in total. The highest BCUT2D eigenvalue weighted by molar-refractivity contribution is 7.52. The molecule has 0 heterocycles. The minimum absolute atomic E-state index is 0.00756. The van der Waals surface area contributed by atoms with Crippen molar-refractivity contribution in [1.29, 1.82) is 0 Å². The zero-order valence-electron chi connectivity index (χ0n) is 18.7. The van der Waals surface area contributed by atoms with Crippen molar-refractivity contribution in [2.75, 3.05) is 0 Å². The molecule has 0 spiro atoms. The fraction of sp³-hybridized carbons (Fsp3) is 0.115. The Bertz CT molecular complexity index is 1380.